The highest BCUT2D eigenvalue weighted by atomic mass is 19.1. The Hall–Kier alpha value is -3.46. The highest BCUT2D eigenvalue weighted by Crippen LogP contribution is 2.37. The van der Waals surface area contributed by atoms with Gasteiger partial charge in [0.2, 0.25) is 5.56 Å². The lowest BCUT2D eigenvalue weighted by atomic mass is 9.87. The molecule has 0 amide bonds. The van der Waals surface area contributed by atoms with Crippen LogP contribution in [0.25, 0.3) is 16.9 Å². The van der Waals surface area contributed by atoms with Gasteiger partial charge in [0, 0.05) is 24.4 Å². The first-order valence-corrected chi connectivity index (χ1v) is 10.6. The molecule has 0 saturated carbocycles. The van der Waals surface area contributed by atoms with E-state index in [9.17, 15) is 18.4 Å². The quantitative estimate of drug-likeness (QED) is 0.591. The summed E-state index contributed by atoms with van der Waals surface area (Å²) < 4.78 is 35.5. The Morgan fingerprint density at radius 2 is 1.94 bits per heavy atom. The Kier molecular flexibility index (Phi) is 6.07. The molecule has 3 aromatic heterocycles. The van der Waals surface area contributed by atoms with E-state index < -0.39 is 29.0 Å². The molecule has 0 radical (unpaired) electrons. The summed E-state index contributed by atoms with van der Waals surface area (Å²) in [5.41, 5.74) is 1.28. The summed E-state index contributed by atoms with van der Waals surface area (Å²) in [6, 6.07) is 4.86. The van der Waals surface area contributed by atoms with Gasteiger partial charge < -0.3 is 9.72 Å². The molecule has 1 fully saturated rings. The number of H-pyrrole nitrogens is 1. The summed E-state index contributed by atoms with van der Waals surface area (Å²) in [5, 5.41) is 0. The molecule has 2 atom stereocenters. The number of hydrogen-bond donors (Lipinski definition) is 1. The number of nitrogens with one attached hydrogen (secondary N) is 1. The Morgan fingerprint density at radius 3 is 2.61 bits per heavy atom. The van der Waals surface area contributed by atoms with Crippen LogP contribution in [0.4, 0.5) is 8.78 Å². The van der Waals surface area contributed by atoms with Crippen LogP contribution < -0.4 is 11.1 Å². The third-order valence-electron chi connectivity index (χ3n) is 5.97. The van der Waals surface area contributed by atoms with Crippen molar-refractivity contribution in [3.05, 3.63) is 85.9 Å². The van der Waals surface area contributed by atoms with E-state index in [4.69, 9.17) is 4.74 Å². The van der Waals surface area contributed by atoms with Gasteiger partial charge in [0.1, 0.15) is 22.9 Å². The number of fused-ring (bicyclic) bond motifs is 1. The lowest BCUT2D eigenvalue weighted by Crippen LogP contribution is -2.30. The van der Waals surface area contributed by atoms with Gasteiger partial charge in [-0.1, -0.05) is 6.58 Å². The Morgan fingerprint density at radius 1 is 1.21 bits per heavy atom. The summed E-state index contributed by atoms with van der Waals surface area (Å²) in [5.74, 6) is -2.25. The minimum atomic E-state index is -1.08. The number of aromatic amines is 1. The van der Waals surface area contributed by atoms with Gasteiger partial charge in [-0.3, -0.25) is 14.2 Å². The van der Waals surface area contributed by atoms with Crippen LogP contribution in [0.15, 0.2) is 52.2 Å². The molecule has 0 unspecified atom stereocenters. The molecule has 1 saturated heterocycles. The fourth-order valence-electron chi connectivity index (χ4n) is 4.24. The van der Waals surface area contributed by atoms with E-state index >= 15 is 0 Å². The van der Waals surface area contributed by atoms with E-state index in [0.717, 1.165) is 11.5 Å². The van der Waals surface area contributed by atoms with Crippen molar-refractivity contribution >= 4 is 16.9 Å². The SMILES string of the molecule is C=C(F)/C(=C(\C)F)n1c(=O)c([C@H]2CCO[C@@H](c3cc[nH]c(=O)c3)C2)cc2nc(C)c(C)nc21. The molecule has 1 aliphatic heterocycles. The van der Waals surface area contributed by atoms with Gasteiger partial charge in [0.05, 0.1) is 17.5 Å². The fourth-order valence-corrected chi connectivity index (χ4v) is 4.24. The molecule has 9 heteroatoms. The summed E-state index contributed by atoms with van der Waals surface area (Å²) in [7, 11) is 0. The second-order valence-corrected chi connectivity index (χ2v) is 8.20. The molecular formula is C24H24F2N4O3. The zero-order chi connectivity index (χ0) is 23.9. The van der Waals surface area contributed by atoms with Crippen molar-refractivity contribution in [1.29, 1.82) is 0 Å². The molecule has 0 bridgehead atoms. The lowest BCUT2D eigenvalue weighted by Gasteiger charge is -2.30. The summed E-state index contributed by atoms with van der Waals surface area (Å²) in [4.78, 5) is 36.8. The van der Waals surface area contributed by atoms with Crippen LogP contribution in [0.3, 0.4) is 0 Å². The average molecular weight is 454 g/mol. The molecule has 7 nitrogen and oxygen atoms in total. The predicted molar refractivity (Wildman–Crippen MR) is 121 cm³/mol. The molecule has 0 aromatic carbocycles. The zero-order valence-corrected chi connectivity index (χ0v) is 18.6. The van der Waals surface area contributed by atoms with Gasteiger partial charge in [-0.05, 0) is 57.2 Å². The molecule has 4 rings (SSSR count). The molecule has 33 heavy (non-hydrogen) atoms. The maximum atomic E-state index is 14.4. The topological polar surface area (TPSA) is 89.9 Å². The summed E-state index contributed by atoms with van der Waals surface area (Å²) in [6.07, 6.45) is 2.10. The van der Waals surface area contributed by atoms with Gasteiger partial charge >= 0.3 is 0 Å². The Balaban J connectivity index is 1.91. The van der Waals surface area contributed by atoms with Crippen molar-refractivity contribution in [1.82, 2.24) is 19.5 Å². The van der Waals surface area contributed by atoms with E-state index in [1.807, 2.05) is 0 Å². The largest absolute Gasteiger partial charge is 0.373 e. The number of aromatic nitrogens is 4. The van der Waals surface area contributed by atoms with Gasteiger partial charge in [-0.2, -0.15) is 0 Å². The van der Waals surface area contributed by atoms with Crippen LogP contribution in [-0.4, -0.2) is 26.1 Å². The number of hydrogen-bond acceptors (Lipinski definition) is 5. The summed E-state index contributed by atoms with van der Waals surface area (Å²) in [6.45, 7) is 8.14. The first kappa shape index (κ1) is 22.7. The van der Waals surface area contributed by atoms with Crippen molar-refractivity contribution < 1.29 is 13.5 Å². The number of ether oxygens (including phenoxy) is 1. The first-order chi connectivity index (χ1) is 15.7. The van der Waals surface area contributed by atoms with Crippen molar-refractivity contribution in [2.75, 3.05) is 6.61 Å². The maximum absolute atomic E-state index is 14.4. The van der Waals surface area contributed by atoms with E-state index in [1.165, 1.54) is 6.07 Å². The minimum absolute atomic E-state index is 0.0656. The van der Waals surface area contributed by atoms with Crippen LogP contribution in [0.2, 0.25) is 0 Å². The minimum Gasteiger partial charge on any atom is -0.373 e. The van der Waals surface area contributed by atoms with Gasteiger partial charge in [0.25, 0.3) is 5.56 Å². The van der Waals surface area contributed by atoms with Crippen LogP contribution in [0, 0.1) is 13.8 Å². The Bertz CT molecular complexity index is 1400. The Labute approximate surface area is 188 Å². The molecule has 172 valence electrons. The number of nitrogens with zero attached hydrogens (tertiary/aromatic N) is 3. The van der Waals surface area contributed by atoms with Gasteiger partial charge in [0.15, 0.2) is 5.65 Å². The number of aryl methyl sites for hydroxylation is 2. The van der Waals surface area contributed by atoms with E-state index in [2.05, 4.69) is 21.5 Å². The second kappa shape index (κ2) is 8.82. The van der Waals surface area contributed by atoms with Gasteiger partial charge in [-0.25, -0.2) is 18.7 Å². The molecular weight excluding hydrogens is 430 g/mol. The van der Waals surface area contributed by atoms with Crippen molar-refractivity contribution in [3.63, 3.8) is 0 Å². The standard InChI is InChI=1S/C24H24F2N4O3/c1-12(25)22(13(2)26)30-23-19(28-14(3)15(4)29-23)11-18(24(30)32)16-6-8-33-20(9-16)17-5-7-27-21(31)10-17/h5,7,10-11,16,20H,1,6,8-9H2,2-4H3,(H,27,31)/b22-13-/t16-,20+/m0/s1. The number of halogens is 2. The van der Waals surface area contributed by atoms with Crippen LogP contribution >= 0.6 is 0 Å². The van der Waals surface area contributed by atoms with E-state index in [1.54, 1.807) is 32.2 Å². The first-order valence-electron chi connectivity index (χ1n) is 10.6. The van der Waals surface area contributed by atoms with Gasteiger partial charge in [-0.15, -0.1) is 0 Å². The third kappa shape index (κ3) is 4.28. The average Bonchev–Trinajstić information content (AvgIpc) is 2.76. The third-order valence-corrected chi connectivity index (χ3v) is 5.97. The van der Waals surface area contributed by atoms with E-state index in [-0.39, 0.29) is 17.1 Å². The normalized spacial score (nSPS) is 19.4. The van der Waals surface area contributed by atoms with Crippen LogP contribution in [0.5, 0.6) is 0 Å². The monoisotopic (exact) mass is 454 g/mol. The summed E-state index contributed by atoms with van der Waals surface area (Å²) >= 11 is 0. The smallest absolute Gasteiger partial charge is 0.260 e. The van der Waals surface area contributed by atoms with Crippen molar-refractivity contribution in [3.8, 4) is 0 Å². The highest BCUT2D eigenvalue weighted by molar-refractivity contribution is 5.79. The molecule has 1 N–H and O–H groups in total. The zero-order valence-electron chi connectivity index (χ0n) is 18.6. The van der Waals surface area contributed by atoms with Crippen LogP contribution in [0.1, 0.15) is 54.3 Å². The number of rotatable bonds is 4. The van der Waals surface area contributed by atoms with Crippen LogP contribution in [-0.2, 0) is 4.74 Å². The predicted octanol–water partition coefficient (Wildman–Crippen LogP) is 4.37. The molecule has 0 spiro atoms. The molecule has 3 aromatic rings. The maximum Gasteiger partial charge on any atom is 0.260 e. The number of allylic oxidation sites excluding steroid dienone is 3. The molecule has 4 heterocycles. The molecule has 1 aliphatic rings. The second-order valence-electron chi connectivity index (χ2n) is 8.20. The van der Waals surface area contributed by atoms with E-state index in [0.29, 0.717) is 47.5 Å². The lowest BCUT2D eigenvalue weighted by molar-refractivity contribution is 0.00496. The highest BCUT2D eigenvalue weighted by Gasteiger charge is 2.30. The fraction of sp³-hybridized carbons (Fsp3) is 0.333. The van der Waals surface area contributed by atoms with Crippen molar-refractivity contribution in [2.45, 2.75) is 45.6 Å². The van der Waals surface area contributed by atoms with Crippen molar-refractivity contribution in [2.24, 2.45) is 0 Å². The molecule has 0 aliphatic carbocycles. The number of pyridine rings is 2.